The van der Waals surface area contributed by atoms with Crippen LogP contribution in [0.4, 0.5) is 0 Å². The zero-order chi connectivity index (χ0) is 16.6. The van der Waals surface area contributed by atoms with Crippen LogP contribution in [0.15, 0.2) is 29.2 Å². The van der Waals surface area contributed by atoms with Crippen LogP contribution in [0, 0.1) is 5.92 Å². The maximum atomic E-state index is 12.5. The lowest BCUT2D eigenvalue weighted by Gasteiger charge is -2.24. The van der Waals surface area contributed by atoms with E-state index in [-0.39, 0.29) is 16.8 Å². The maximum absolute atomic E-state index is 12.5. The van der Waals surface area contributed by atoms with Gasteiger partial charge in [0, 0.05) is 31.2 Å². The van der Waals surface area contributed by atoms with Crippen molar-refractivity contribution in [3.05, 3.63) is 29.8 Å². The van der Waals surface area contributed by atoms with E-state index in [1.807, 2.05) is 0 Å². The van der Waals surface area contributed by atoms with Gasteiger partial charge in [0.15, 0.2) is 0 Å². The van der Waals surface area contributed by atoms with Crippen LogP contribution in [0.2, 0.25) is 0 Å². The van der Waals surface area contributed by atoms with Gasteiger partial charge < -0.3 is 4.90 Å². The van der Waals surface area contributed by atoms with Gasteiger partial charge in [-0.1, -0.05) is 6.42 Å². The predicted octanol–water partition coefficient (Wildman–Crippen LogP) is 0.0511. The SMILES string of the molecule is CN(CC1NNC2CCCC21)C(=O)c1ccc(S(N)(=O)=O)cc1. The molecule has 126 valence electrons. The first-order valence-corrected chi connectivity index (χ1v) is 9.30. The molecule has 1 saturated heterocycles. The highest BCUT2D eigenvalue weighted by molar-refractivity contribution is 7.89. The van der Waals surface area contributed by atoms with Gasteiger partial charge in [0.25, 0.3) is 5.91 Å². The lowest BCUT2D eigenvalue weighted by atomic mass is 9.97. The van der Waals surface area contributed by atoms with Crippen LogP contribution >= 0.6 is 0 Å². The molecule has 1 aromatic carbocycles. The molecule has 3 unspecified atom stereocenters. The van der Waals surface area contributed by atoms with Gasteiger partial charge in [-0.15, -0.1) is 0 Å². The van der Waals surface area contributed by atoms with Gasteiger partial charge in [0.1, 0.15) is 0 Å². The van der Waals surface area contributed by atoms with Gasteiger partial charge in [0.05, 0.1) is 4.90 Å². The molecule has 23 heavy (non-hydrogen) atoms. The minimum atomic E-state index is -3.74. The van der Waals surface area contributed by atoms with Crippen LogP contribution in [0.5, 0.6) is 0 Å². The molecule has 1 heterocycles. The number of benzene rings is 1. The van der Waals surface area contributed by atoms with Crippen molar-refractivity contribution in [2.45, 2.75) is 36.2 Å². The van der Waals surface area contributed by atoms with E-state index in [0.717, 1.165) is 0 Å². The fraction of sp³-hybridized carbons (Fsp3) is 0.533. The van der Waals surface area contributed by atoms with Crippen molar-refractivity contribution >= 4 is 15.9 Å². The van der Waals surface area contributed by atoms with Gasteiger partial charge in [-0.2, -0.15) is 0 Å². The Bertz CT molecular complexity index is 689. The van der Waals surface area contributed by atoms with Gasteiger partial charge in [-0.25, -0.2) is 13.6 Å². The average Bonchev–Trinajstić information content (AvgIpc) is 3.11. The molecular weight excluding hydrogens is 316 g/mol. The van der Waals surface area contributed by atoms with E-state index >= 15 is 0 Å². The van der Waals surface area contributed by atoms with E-state index < -0.39 is 10.0 Å². The lowest BCUT2D eigenvalue weighted by Crippen LogP contribution is -2.43. The van der Waals surface area contributed by atoms with E-state index in [1.165, 1.54) is 43.5 Å². The molecule has 7 nitrogen and oxygen atoms in total. The molecule has 2 fully saturated rings. The van der Waals surface area contributed by atoms with Crippen LogP contribution in [-0.4, -0.2) is 44.9 Å². The Labute approximate surface area is 136 Å². The number of fused-ring (bicyclic) bond motifs is 1. The van der Waals surface area contributed by atoms with E-state index in [0.29, 0.717) is 24.1 Å². The molecule has 0 bridgehead atoms. The molecule has 1 aromatic rings. The molecule has 0 radical (unpaired) electrons. The Kier molecular flexibility index (Phi) is 4.41. The number of likely N-dealkylation sites (N-methyl/N-ethyl adjacent to an activating group) is 1. The van der Waals surface area contributed by atoms with E-state index in [4.69, 9.17) is 5.14 Å². The van der Waals surface area contributed by atoms with Crippen molar-refractivity contribution in [1.82, 2.24) is 15.8 Å². The third-order valence-corrected chi connectivity index (χ3v) is 5.72. The molecule has 0 spiro atoms. The zero-order valence-corrected chi connectivity index (χ0v) is 13.8. The van der Waals surface area contributed by atoms with Crippen LogP contribution in [0.1, 0.15) is 29.6 Å². The molecule has 3 atom stereocenters. The predicted molar refractivity (Wildman–Crippen MR) is 86.0 cm³/mol. The van der Waals surface area contributed by atoms with Gasteiger partial charge >= 0.3 is 0 Å². The third-order valence-electron chi connectivity index (χ3n) is 4.79. The Morgan fingerprint density at radius 2 is 1.96 bits per heavy atom. The second-order valence-electron chi connectivity index (χ2n) is 6.35. The number of rotatable bonds is 4. The summed E-state index contributed by atoms with van der Waals surface area (Å²) < 4.78 is 22.5. The minimum Gasteiger partial charge on any atom is -0.340 e. The molecular formula is C15H22N4O3S. The summed E-state index contributed by atoms with van der Waals surface area (Å²) >= 11 is 0. The van der Waals surface area contributed by atoms with Gasteiger partial charge in [-0.3, -0.25) is 15.6 Å². The monoisotopic (exact) mass is 338 g/mol. The van der Waals surface area contributed by atoms with Crippen LogP contribution in [-0.2, 0) is 10.0 Å². The second kappa shape index (κ2) is 6.20. The summed E-state index contributed by atoms with van der Waals surface area (Å²) in [5, 5.41) is 5.06. The van der Waals surface area contributed by atoms with Crippen LogP contribution < -0.4 is 16.0 Å². The average molecular weight is 338 g/mol. The fourth-order valence-corrected chi connectivity index (χ4v) is 4.05. The van der Waals surface area contributed by atoms with Crippen LogP contribution in [0.25, 0.3) is 0 Å². The fourth-order valence-electron chi connectivity index (χ4n) is 3.54. The Morgan fingerprint density at radius 1 is 1.26 bits per heavy atom. The molecule has 8 heteroatoms. The summed E-state index contributed by atoms with van der Waals surface area (Å²) in [5.74, 6) is 0.434. The molecule has 2 aliphatic rings. The first-order chi connectivity index (χ1) is 10.9. The van der Waals surface area contributed by atoms with Crippen molar-refractivity contribution in [2.24, 2.45) is 11.1 Å². The first-order valence-electron chi connectivity index (χ1n) is 7.75. The van der Waals surface area contributed by atoms with E-state index in [2.05, 4.69) is 10.9 Å². The lowest BCUT2D eigenvalue weighted by molar-refractivity contribution is 0.0775. The number of hydrazine groups is 1. The summed E-state index contributed by atoms with van der Waals surface area (Å²) in [7, 11) is -1.97. The highest BCUT2D eigenvalue weighted by Gasteiger charge is 2.39. The van der Waals surface area contributed by atoms with Crippen molar-refractivity contribution < 1.29 is 13.2 Å². The molecule has 1 saturated carbocycles. The molecule has 0 aromatic heterocycles. The number of carbonyl (C=O) groups is 1. The summed E-state index contributed by atoms with van der Waals surface area (Å²) in [5.41, 5.74) is 7.05. The van der Waals surface area contributed by atoms with Gasteiger partial charge in [0.2, 0.25) is 10.0 Å². The Hall–Kier alpha value is -1.48. The Morgan fingerprint density at radius 3 is 2.61 bits per heavy atom. The topological polar surface area (TPSA) is 105 Å². The number of nitrogens with two attached hydrogens (primary N) is 1. The zero-order valence-electron chi connectivity index (χ0n) is 13.0. The van der Waals surface area contributed by atoms with Crippen LogP contribution in [0.3, 0.4) is 0 Å². The van der Waals surface area contributed by atoms with Crippen molar-refractivity contribution in [3.8, 4) is 0 Å². The number of hydrogen-bond acceptors (Lipinski definition) is 5. The number of nitrogens with zero attached hydrogens (tertiary/aromatic N) is 1. The number of amides is 1. The van der Waals surface area contributed by atoms with Crippen molar-refractivity contribution in [1.29, 1.82) is 0 Å². The highest BCUT2D eigenvalue weighted by Crippen LogP contribution is 2.31. The minimum absolute atomic E-state index is 0.00663. The largest absolute Gasteiger partial charge is 0.340 e. The number of primary sulfonamides is 1. The summed E-state index contributed by atoms with van der Waals surface area (Å²) in [4.78, 5) is 14.2. The number of hydrogen-bond donors (Lipinski definition) is 3. The smallest absolute Gasteiger partial charge is 0.253 e. The van der Waals surface area contributed by atoms with E-state index in [9.17, 15) is 13.2 Å². The molecule has 1 amide bonds. The van der Waals surface area contributed by atoms with Crippen molar-refractivity contribution in [3.63, 3.8) is 0 Å². The third kappa shape index (κ3) is 3.40. The number of sulfonamides is 1. The highest BCUT2D eigenvalue weighted by atomic mass is 32.2. The van der Waals surface area contributed by atoms with Gasteiger partial charge in [-0.05, 0) is 43.0 Å². The first kappa shape index (κ1) is 16.4. The standard InChI is InChI=1S/C15H22N4O3S/c1-19(9-14-12-3-2-4-13(12)17-18-14)15(20)10-5-7-11(8-6-10)23(16,21)22/h5-8,12-14,17-18H,2-4,9H2,1H3,(H2,16,21,22). The second-order valence-corrected chi connectivity index (χ2v) is 7.91. The molecule has 4 N–H and O–H groups in total. The summed E-state index contributed by atoms with van der Waals surface area (Å²) in [6.45, 7) is 0.615. The van der Waals surface area contributed by atoms with E-state index in [1.54, 1.807) is 11.9 Å². The summed E-state index contributed by atoms with van der Waals surface area (Å²) in [6, 6.07) is 6.48. The molecule has 1 aliphatic heterocycles. The number of carbonyl (C=O) groups excluding carboxylic acids is 1. The number of nitrogens with one attached hydrogen (secondary N) is 2. The normalized spacial score (nSPS) is 27.0. The van der Waals surface area contributed by atoms with Crippen molar-refractivity contribution in [2.75, 3.05) is 13.6 Å². The molecule has 1 aliphatic carbocycles. The summed E-state index contributed by atoms with van der Waals surface area (Å²) in [6.07, 6.45) is 3.59. The molecule has 3 rings (SSSR count). The quantitative estimate of drug-likeness (QED) is 0.720. The maximum Gasteiger partial charge on any atom is 0.253 e. The Balaban J connectivity index is 1.65.